The Labute approximate surface area is 117 Å². The van der Waals surface area contributed by atoms with Crippen LogP contribution < -0.4 is 4.74 Å². The number of hydrogen-bond donors (Lipinski definition) is 0. The predicted molar refractivity (Wildman–Crippen MR) is 76.5 cm³/mol. The molecular formula is C14H16ClNOS. The molecule has 2 aromatic heterocycles. The van der Waals surface area contributed by atoms with E-state index >= 15 is 0 Å². The molecular weight excluding hydrogens is 266 g/mol. The average molecular weight is 282 g/mol. The van der Waals surface area contributed by atoms with Gasteiger partial charge in [-0.15, -0.1) is 22.9 Å². The molecule has 0 aliphatic carbocycles. The molecule has 0 bridgehead atoms. The molecule has 0 saturated heterocycles. The summed E-state index contributed by atoms with van der Waals surface area (Å²) in [7, 11) is 0. The summed E-state index contributed by atoms with van der Waals surface area (Å²) in [6.07, 6.45) is 0. The maximum atomic E-state index is 5.89. The van der Waals surface area contributed by atoms with Crippen molar-refractivity contribution in [2.45, 2.75) is 32.3 Å². The van der Waals surface area contributed by atoms with Crippen LogP contribution in [0, 0.1) is 0 Å². The van der Waals surface area contributed by atoms with Crippen molar-refractivity contribution in [3.8, 4) is 5.88 Å². The summed E-state index contributed by atoms with van der Waals surface area (Å²) < 4.78 is 5.72. The summed E-state index contributed by atoms with van der Waals surface area (Å²) in [4.78, 5) is 5.70. The summed E-state index contributed by atoms with van der Waals surface area (Å²) in [5.41, 5.74) is 2.07. The Kier molecular flexibility index (Phi) is 4.61. The van der Waals surface area contributed by atoms with Crippen molar-refractivity contribution in [1.82, 2.24) is 4.98 Å². The van der Waals surface area contributed by atoms with E-state index in [1.807, 2.05) is 23.6 Å². The minimum Gasteiger partial charge on any atom is -0.472 e. The second-order valence-corrected chi connectivity index (χ2v) is 5.69. The maximum Gasteiger partial charge on any atom is 0.214 e. The van der Waals surface area contributed by atoms with E-state index < -0.39 is 0 Å². The van der Waals surface area contributed by atoms with Gasteiger partial charge in [0.1, 0.15) is 6.61 Å². The quantitative estimate of drug-likeness (QED) is 0.748. The summed E-state index contributed by atoms with van der Waals surface area (Å²) in [5.74, 6) is 1.51. The molecule has 2 rings (SSSR count). The lowest BCUT2D eigenvalue weighted by Crippen LogP contribution is -2.00. The van der Waals surface area contributed by atoms with Gasteiger partial charge in [0, 0.05) is 22.5 Å². The first kappa shape index (κ1) is 13.4. The molecule has 2 heterocycles. The monoisotopic (exact) mass is 281 g/mol. The number of aromatic nitrogens is 1. The largest absolute Gasteiger partial charge is 0.472 e. The first-order valence-corrected chi connectivity index (χ1v) is 7.32. The Morgan fingerprint density at radius 3 is 2.83 bits per heavy atom. The van der Waals surface area contributed by atoms with Crippen LogP contribution >= 0.6 is 22.9 Å². The molecule has 2 aromatic rings. The van der Waals surface area contributed by atoms with Crippen molar-refractivity contribution < 1.29 is 4.74 Å². The van der Waals surface area contributed by atoms with Crippen LogP contribution in [0.15, 0.2) is 29.6 Å². The number of thiophene rings is 1. The molecule has 4 heteroatoms. The number of halogens is 1. The zero-order valence-electron chi connectivity index (χ0n) is 10.5. The molecule has 0 fully saturated rings. The second-order valence-electron chi connectivity index (χ2n) is 4.39. The van der Waals surface area contributed by atoms with Crippen LogP contribution in [0.5, 0.6) is 5.88 Å². The van der Waals surface area contributed by atoms with Gasteiger partial charge in [0.05, 0.1) is 0 Å². The van der Waals surface area contributed by atoms with Gasteiger partial charge in [-0.05, 0) is 29.0 Å². The van der Waals surface area contributed by atoms with Gasteiger partial charge in [-0.2, -0.15) is 0 Å². The Hall–Kier alpha value is -1.06. The molecule has 0 N–H and O–H groups in total. The van der Waals surface area contributed by atoms with E-state index in [4.69, 9.17) is 16.3 Å². The lowest BCUT2D eigenvalue weighted by atomic mass is 10.1. The second kappa shape index (κ2) is 6.21. The minimum atomic E-state index is 0.372. The Bertz CT molecular complexity index is 497. The summed E-state index contributed by atoms with van der Waals surface area (Å²) in [6, 6.07) is 8.02. The van der Waals surface area contributed by atoms with E-state index in [9.17, 15) is 0 Å². The smallest absolute Gasteiger partial charge is 0.214 e. The first-order valence-electron chi connectivity index (χ1n) is 5.91. The molecule has 0 radical (unpaired) electrons. The lowest BCUT2D eigenvalue weighted by Gasteiger charge is -2.10. The summed E-state index contributed by atoms with van der Waals surface area (Å²) >= 11 is 7.58. The Morgan fingerprint density at radius 2 is 2.22 bits per heavy atom. The molecule has 0 aromatic carbocycles. The zero-order chi connectivity index (χ0) is 13.0. The molecule has 0 spiro atoms. The normalized spacial score (nSPS) is 10.9. The third-order valence-electron chi connectivity index (χ3n) is 2.57. The molecule has 0 aliphatic rings. The maximum absolute atomic E-state index is 5.89. The molecule has 0 amide bonds. The predicted octanol–water partition coefficient (Wildman–Crippen LogP) is 4.58. The number of ether oxygens (including phenoxy) is 1. The van der Waals surface area contributed by atoms with Crippen LogP contribution in [0.2, 0.25) is 0 Å². The van der Waals surface area contributed by atoms with E-state index in [-0.39, 0.29) is 0 Å². The van der Waals surface area contributed by atoms with Gasteiger partial charge in [0.25, 0.3) is 0 Å². The standard InChI is InChI=1S/C14H16ClNOS/c1-10(2)13-6-11(8-15)7-14(16-13)17-9-12-4-3-5-18-12/h3-7,10H,8-9H2,1-2H3. The van der Waals surface area contributed by atoms with E-state index in [0.717, 1.165) is 11.3 Å². The van der Waals surface area contributed by atoms with Crippen molar-refractivity contribution >= 4 is 22.9 Å². The van der Waals surface area contributed by atoms with Crippen molar-refractivity contribution in [2.75, 3.05) is 0 Å². The molecule has 0 saturated carbocycles. The van der Waals surface area contributed by atoms with Crippen molar-refractivity contribution in [3.63, 3.8) is 0 Å². The van der Waals surface area contributed by atoms with Gasteiger partial charge in [-0.25, -0.2) is 4.98 Å². The fourth-order valence-corrected chi connectivity index (χ4v) is 2.34. The van der Waals surface area contributed by atoms with Crippen LogP contribution in [0.25, 0.3) is 0 Å². The number of pyridine rings is 1. The zero-order valence-corrected chi connectivity index (χ0v) is 12.1. The van der Waals surface area contributed by atoms with E-state index in [0.29, 0.717) is 24.3 Å². The number of alkyl halides is 1. The van der Waals surface area contributed by atoms with Gasteiger partial charge >= 0.3 is 0 Å². The molecule has 2 nitrogen and oxygen atoms in total. The lowest BCUT2D eigenvalue weighted by molar-refractivity contribution is 0.296. The van der Waals surface area contributed by atoms with Gasteiger partial charge in [-0.1, -0.05) is 19.9 Å². The molecule has 0 atom stereocenters. The number of rotatable bonds is 5. The van der Waals surface area contributed by atoms with Gasteiger partial charge in [0.15, 0.2) is 0 Å². The Morgan fingerprint density at radius 1 is 1.39 bits per heavy atom. The fraction of sp³-hybridized carbons (Fsp3) is 0.357. The van der Waals surface area contributed by atoms with E-state index in [1.165, 1.54) is 4.88 Å². The van der Waals surface area contributed by atoms with Crippen molar-refractivity contribution in [3.05, 3.63) is 45.8 Å². The SMILES string of the molecule is CC(C)c1cc(CCl)cc(OCc2cccs2)n1. The topological polar surface area (TPSA) is 22.1 Å². The Balaban J connectivity index is 2.13. The highest BCUT2D eigenvalue weighted by molar-refractivity contribution is 7.09. The fourth-order valence-electron chi connectivity index (χ4n) is 1.57. The highest BCUT2D eigenvalue weighted by Crippen LogP contribution is 2.21. The third-order valence-corrected chi connectivity index (χ3v) is 3.73. The molecule has 18 heavy (non-hydrogen) atoms. The van der Waals surface area contributed by atoms with Crippen LogP contribution in [0.1, 0.15) is 35.9 Å². The third kappa shape index (κ3) is 3.47. The minimum absolute atomic E-state index is 0.372. The van der Waals surface area contributed by atoms with Crippen LogP contribution in [0.3, 0.4) is 0 Å². The number of nitrogens with zero attached hydrogens (tertiary/aromatic N) is 1. The van der Waals surface area contributed by atoms with Crippen molar-refractivity contribution in [1.29, 1.82) is 0 Å². The molecule has 96 valence electrons. The van der Waals surface area contributed by atoms with Gasteiger partial charge < -0.3 is 4.74 Å². The highest BCUT2D eigenvalue weighted by atomic mass is 35.5. The average Bonchev–Trinajstić information content (AvgIpc) is 2.89. The number of hydrogen-bond acceptors (Lipinski definition) is 3. The van der Waals surface area contributed by atoms with Crippen LogP contribution in [-0.4, -0.2) is 4.98 Å². The van der Waals surface area contributed by atoms with E-state index in [2.05, 4.69) is 24.9 Å². The summed E-state index contributed by atoms with van der Waals surface area (Å²) in [6.45, 7) is 4.79. The van der Waals surface area contributed by atoms with Crippen LogP contribution in [0.4, 0.5) is 0 Å². The van der Waals surface area contributed by atoms with Crippen LogP contribution in [-0.2, 0) is 12.5 Å². The molecule has 0 aliphatic heterocycles. The first-order chi connectivity index (χ1) is 8.69. The van der Waals surface area contributed by atoms with Gasteiger partial charge in [-0.3, -0.25) is 0 Å². The van der Waals surface area contributed by atoms with E-state index in [1.54, 1.807) is 11.3 Å². The van der Waals surface area contributed by atoms with Crippen molar-refractivity contribution in [2.24, 2.45) is 0 Å². The molecule has 0 unspecified atom stereocenters. The highest BCUT2D eigenvalue weighted by Gasteiger charge is 2.07. The van der Waals surface area contributed by atoms with Gasteiger partial charge in [0.2, 0.25) is 5.88 Å². The summed E-state index contributed by atoms with van der Waals surface area (Å²) in [5, 5.41) is 2.04.